The maximum atomic E-state index is 11.6. The summed E-state index contributed by atoms with van der Waals surface area (Å²) >= 11 is 0. The first-order valence-electron chi connectivity index (χ1n) is 5.74. The van der Waals surface area contributed by atoms with Gasteiger partial charge < -0.3 is 15.0 Å². The highest BCUT2D eigenvalue weighted by molar-refractivity contribution is 5.73. The van der Waals surface area contributed by atoms with Crippen LogP contribution in [0.1, 0.15) is 19.4 Å². The Balaban J connectivity index is 2.70. The Morgan fingerprint density at radius 2 is 2.29 bits per heavy atom. The van der Waals surface area contributed by atoms with Crippen LogP contribution in [0.15, 0.2) is 18.3 Å². The highest BCUT2D eigenvalue weighted by Gasteiger charge is 2.11. The molecular weight excluding hydrogens is 218 g/mol. The van der Waals surface area contributed by atoms with Gasteiger partial charge in [-0.1, -0.05) is 6.07 Å². The minimum Gasteiger partial charge on any atom is -0.478 e. The lowest BCUT2D eigenvalue weighted by molar-refractivity contribution is 0.206. The molecule has 0 spiro atoms. The van der Waals surface area contributed by atoms with Crippen LogP contribution < -0.4 is 10.1 Å². The molecule has 1 aromatic rings. The highest BCUT2D eigenvalue weighted by atomic mass is 16.5. The first-order chi connectivity index (χ1) is 8.19. The Hall–Kier alpha value is -1.78. The predicted octanol–water partition coefficient (Wildman–Crippen LogP) is 1.64. The highest BCUT2D eigenvalue weighted by Crippen LogP contribution is 2.15. The number of nitrogens with one attached hydrogen (secondary N) is 1. The average molecular weight is 237 g/mol. The largest absolute Gasteiger partial charge is 0.478 e. The first kappa shape index (κ1) is 13.3. The van der Waals surface area contributed by atoms with Crippen LogP contribution >= 0.6 is 0 Å². The second-order valence-electron chi connectivity index (χ2n) is 3.59. The zero-order chi connectivity index (χ0) is 12.7. The molecule has 5 nitrogen and oxygen atoms in total. The SMILES string of the molecule is CCNC(=O)N(C)Cc1cccnc1OCC. The molecular formula is C12H19N3O2. The number of hydrogen-bond acceptors (Lipinski definition) is 3. The van der Waals surface area contributed by atoms with Crippen molar-refractivity contribution in [1.82, 2.24) is 15.2 Å². The Bertz CT molecular complexity index is 369. The molecule has 1 N–H and O–H groups in total. The minimum atomic E-state index is -0.0983. The van der Waals surface area contributed by atoms with Crippen LogP contribution in [0.5, 0.6) is 5.88 Å². The quantitative estimate of drug-likeness (QED) is 0.847. The lowest BCUT2D eigenvalue weighted by Crippen LogP contribution is -2.36. The summed E-state index contributed by atoms with van der Waals surface area (Å²) in [5.74, 6) is 0.589. The van der Waals surface area contributed by atoms with Crippen molar-refractivity contribution in [3.05, 3.63) is 23.9 Å². The molecule has 1 rings (SSSR count). The van der Waals surface area contributed by atoms with E-state index in [1.807, 2.05) is 26.0 Å². The summed E-state index contributed by atoms with van der Waals surface area (Å²) in [5, 5.41) is 2.74. The topological polar surface area (TPSA) is 54.5 Å². The monoisotopic (exact) mass is 237 g/mol. The summed E-state index contributed by atoms with van der Waals surface area (Å²) in [7, 11) is 1.74. The van der Waals surface area contributed by atoms with Gasteiger partial charge in [-0.15, -0.1) is 0 Å². The molecule has 1 heterocycles. The van der Waals surface area contributed by atoms with E-state index in [0.29, 0.717) is 25.6 Å². The lowest BCUT2D eigenvalue weighted by Gasteiger charge is -2.18. The Morgan fingerprint density at radius 3 is 2.94 bits per heavy atom. The molecule has 0 bridgehead atoms. The van der Waals surface area contributed by atoms with Gasteiger partial charge in [0.15, 0.2) is 0 Å². The standard InChI is InChI=1S/C12H19N3O2/c1-4-13-12(16)15(3)9-10-7-6-8-14-11(10)17-5-2/h6-8H,4-5,9H2,1-3H3,(H,13,16). The van der Waals surface area contributed by atoms with Gasteiger partial charge in [0, 0.05) is 25.4 Å². The smallest absolute Gasteiger partial charge is 0.317 e. The van der Waals surface area contributed by atoms with E-state index < -0.39 is 0 Å². The van der Waals surface area contributed by atoms with Gasteiger partial charge in [-0.2, -0.15) is 0 Å². The molecule has 94 valence electrons. The van der Waals surface area contributed by atoms with Crippen LogP contribution in [0.3, 0.4) is 0 Å². The molecule has 0 fully saturated rings. The van der Waals surface area contributed by atoms with Gasteiger partial charge in [0.25, 0.3) is 0 Å². The number of aromatic nitrogens is 1. The Labute approximate surface area is 102 Å². The molecule has 0 aliphatic carbocycles. The van der Waals surface area contributed by atoms with Gasteiger partial charge >= 0.3 is 6.03 Å². The third kappa shape index (κ3) is 3.94. The summed E-state index contributed by atoms with van der Waals surface area (Å²) in [6.45, 7) is 5.46. The van der Waals surface area contributed by atoms with E-state index in [-0.39, 0.29) is 6.03 Å². The number of rotatable bonds is 5. The van der Waals surface area contributed by atoms with Gasteiger partial charge in [0.1, 0.15) is 0 Å². The zero-order valence-corrected chi connectivity index (χ0v) is 10.6. The molecule has 1 aromatic heterocycles. The van der Waals surface area contributed by atoms with Crippen LogP contribution in [0.25, 0.3) is 0 Å². The first-order valence-corrected chi connectivity index (χ1v) is 5.74. The fourth-order valence-corrected chi connectivity index (χ4v) is 1.42. The average Bonchev–Trinajstić information content (AvgIpc) is 2.32. The number of hydrogen-bond donors (Lipinski definition) is 1. The maximum absolute atomic E-state index is 11.6. The fourth-order valence-electron chi connectivity index (χ4n) is 1.42. The van der Waals surface area contributed by atoms with Crippen LogP contribution in [0.4, 0.5) is 4.79 Å². The second-order valence-corrected chi connectivity index (χ2v) is 3.59. The molecule has 0 saturated heterocycles. The van der Waals surface area contributed by atoms with E-state index in [4.69, 9.17) is 4.74 Å². The van der Waals surface area contributed by atoms with Gasteiger partial charge in [-0.3, -0.25) is 0 Å². The van der Waals surface area contributed by atoms with Gasteiger partial charge in [-0.25, -0.2) is 9.78 Å². The van der Waals surface area contributed by atoms with E-state index in [2.05, 4.69) is 10.3 Å². The van der Waals surface area contributed by atoms with Gasteiger partial charge in [-0.05, 0) is 19.9 Å². The zero-order valence-electron chi connectivity index (χ0n) is 10.6. The molecule has 0 unspecified atom stereocenters. The molecule has 0 aromatic carbocycles. The minimum absolute atomic E-state index is 0.0983. The summed E-state index contributed by atoms with van der Waals surface area (Å²) in [6, 6.07) is 3.65. The molecule has 0 radical (unpaired) electrons. The summed E-state index contributed by atoms with van der Waals surface area (Å²) < 4.78 is 5.41. The molecule has 0 aliphatic heterocycles. The number of carbonyl (C=O) groups is 1. The van der Waals surface area contributed by atoms with Crippen molar-refractivity contribution in [2.24, 2.45) is 0 Å². The molecule has 0 atom stereocenters. The molecule has 0 aliphatic rings. The van der Waals surface area contributed by atoms with Crippen molar-refractivity contribution in [2.75, 3.05) is 20.2 Å². The molecule has 17 heavy (non-hydrogen) atoms. The van der Waals surface area contributed by atoms with Crippen molar-refractivity contribution < 1.29 is 9.53 Å². The normalized spacial score (nSPS) is 9.82. The summed E-state index contributed by atoms with van der Waals surface area (Å²) in [4.78, 5) is 17.3. The van der Waals surface area contributed by atoms with E-state index in [1.165, 1.54) is 0 Å². The third-order valence-corrected chi connectivity index (χ3v) is 2.21. The Kier molecular flexibility index (Phi) is 5.26. The third-order valence-electron chi connectivity index (χ3n) is 2.21. The summed E-state index contributed by atoms with van der Waals surface area (Å²) in [5.41, 5.74) is 0.906. The number of ether oxygens (including phenoxy) is 1. The number of urea groups is 1. The van der Waals surface area contributed by atoms with Crippen molar-refractivity contribution in [1.29, 1.82) is 0 Å². The van der Waals surface area contributed by atoms with E-state index in [0.717, 1.165) is 5.56 Å². The Morgan fingerprint density at radius 1 is 1.53 bits per heavy atom. The maximum Gasteiger partial charge on any atom is 0.317 e. The lowest BCUT2D eigenvalue weighted by atomic mass is 10.2. The number of pyridine rings is 1. The molecule has 2 amide bonds. The fraction of sp³-hybridized carbons (Fsp3) is 0.500. The van der Waals surface area contributed by atoms with Gasteiger partial charge in [0.2, 0.25) is 5.88 Å². The predicted molar refractivity (Wildman–Crippen MR) is 65.9 cm³/mol. The number of nitrogens with zero attached hydrogens (tertiary/aromatic N) is 2. The van der Waals surface area contributed by atoms with Crippen molar-refractivity contribution >= 4 is 6.03 Å². The van der Waals surface area contributed by atoms with Crippen LogP contribution in [0, 0.1) is 0 Å². The molecule has 5 heteroatoms. The van der Waals surface area contributed by atoms with Gasteiger partial charge in [0.05, 0.1) is 13.2 Å². The van der Waals surface area contributed by atoms with Crippen molar-refractivity contribution in [3.8, 4) is 5.88 Å². The van der Waals surface area contributed by atoms with E-state index in [9.17, 15) is 4.79 Å². The van der Waals surface area contributed by atoms with E-state index in [1.54, 1.807) is 18.1 Å². The summed E-state index contributed by atoms with van der Waals surface area (Å²) in [6.07, 6.45) is 1.68. The van der Waals surface area contributed by atoms with Crippen molar-refractivity contribution in [3.63, 3.8) is 0 Å². The van der Waals surface area contributed by atoms with E-state index >= 15 is 0 Å². The number of carbonyl (C=O) groups excluding carboxylic acids is 1. The number of amides is 2. The van der Waals surface area contributed by atoms with Crippen LogP contribution in [-0.2, 0) is 6.54 Å². The van der Waals surface area contributed by atoms with Crippen LogP contribution in [0.2, 0.25) is 0 Å². The van der Waals surface area contributed by atoms with Crippen LogP contribution in [-0.4, -0.2) is 36.1 Å². The van der Waals surface area contributed by atoms with Crippen molar-refractivity contribution in [2.45, 2.75) is 20.4 Å². The molecule has 0 saturated carbocycles. The second kappa shape index (κ2) is 6.73.